The van der Waals surface area contributed by atoms with Crippen molar-refractivity contribution in [3.63, 3.8) is 0 Å². The zero-order chi connectivity index (χ0) is 12.1. The Morgan fingerprint density at radius 3 is 2.59 bits per heavy atom. The fourth-order valence-electron chi connectivity index (χ4n) is 2.16. The van der Waals surface area contributed by atoms with Crippen LogP contribution in [0, 0.1) is 0 Å². The first-order valence-electron chi connectivity index (χ1n) is 6.13. The zero-order valence-electron chi connectivity index (χ0n) is 9.93. The van der Waals surface area contributed by atoms with Gasteiger partial charge in [0.25, 0.3) is 0 Å². The van der Waals surface area contributed by atoms with Crippen LogP contribution in [0.4, 0.5) is 0 Å². The van der Waals surface area contributed by atoms with Crippen LogP contribution in [0.5, 0.6) is 5.75 Å². The van der Waals surface area contributed by atoms with Gasteiger partial charge in [0.05, 0.1) is 24.1 Å². The normalized spacial score (nSPS) is 18.9. The van der Waals surface area contributed by atoms with Crippen molar-refractivity contribution in [2.45, 2.75) is 44.3 Å². The number of aromatic nitrogens is 1. The smallest absolute Gasteiger partial charge is 0.137 e. The summed E-state index contributed by atoms with van der Waals surface area (Å²) in [6, 6.07) is 3.49. The second-order valence-corrected chi connectivity index (χ2v) is 4.72. The Labute approximate surface area is 101 Å². The van der Waals surface area contributed by atoms with E-state index in [1.165, 1.54) is 6.42 Å². The number of rotatable bonds is 4. The van der Waals surface area contributed by atoms with Crippen molar-refractivity contribution < 1.29 is 14.9 Å². The SMILES string of the molecule is OCc1ccc(OCC2(O)CCCCC2)cn1. The molecule has 0 bridgehead atoms. The molecule has 2 rings (SSSR count). The van der Waals surface area contributed by atoms with Crippen molar-refractivity contribution in [1.82, 2.24) is 4.98 Å². The molecule has 0 atom stereocenters. The third-order valence-corrected chi connectivity index (χ3v) is 3.25. The molecule has 0 unspecified atom stereocenters. The Hall–Kier alpha value is -1.13. The molecule has 17 heavy (non-hydrogen) atoms. The maximum absolute atomic E-state index is 10.2. The lowest BCUT2D eigenvalue weighted by Gasteiger charge is -2.31. The van der Waals surface area contributed by atoms with Gasteiger partial charge < -0.3 is 14.9 Å². The van der Waals surface area contributed by atoms with Crippen molar-refractivity contribution >= 4 is 0 Å². The summed E-state index contributed by atoms with van der Waals surface area (Å²) in [7, 11) is 0. The molecule has 1 heterocycles. The van der Waals surface area contributed by atoms with E-state index < -0.39 is 5.60 Å². The minimum Gasteiger partial charge on any atom is -0.489 e. The van der Waals surface area contributed by atoms with E-state index in [1.54, 1.807) is 18.3 Å². The fraction of sp³-hybridized carbons (Fsp3) is 0.615. The fourth-order valence-corrected chi connectivity index (χ4v) is 2.16. The largest absolute Gasteiger partial charge is 0.489 e. The number of hydrogen-bond donors (Lipinski definition) is 2. The second kappa shape index (κ2) is 5.47. The van der Waals surface area contributed by atoms with Gasteiger partial charge in [-0.1, -0.05) is 19.3 Å². The van der Waals surface area contributed by atoms with Gasteiger partial charge in [-0.15, -0.1) is 0 Å². The van der Waals surface area contributed by atoms with E-state index in [0.717, 1.165) is 25.7 Å². The maximum atomic E-state index is 10.2. The van der Waals surface area contributed by atoms with E-state index in [4.69, 9.17) is 9.84 Å². The number of aliphatic hydroxyl groups is 2. The monoisotopic (exact) mass is 237 g/mol. The van der Waals surface area contributed by atoms with Crippen LogP contribution in [-0.4, -0.2) is 27.4 Å². The van der Waals surface area contributed by atoms with Crippen LogP contribution in [0.15, 0.2) is 18.3 Å². The van der Waals surface area contributed by atoms with Crippen LogP contribution >= 0.6 is 0 Å². The molecule has 1 aliphatic carbocycles. The van der Waals surface area contributed by atoms with Crippen molar-refractivity contribution in [2.24, 2.45) is 0 Å². The average molecular weight is 237 g/mol. The first-order chi connectivity index (χ1) is 8.22. The molecule has 1 aliphatic rings. The molecule has 4 nitrogen and oxygen atoms in total. The molecule has 1 fully saturated rings. The summed E-state index contributed by atoms with van der Waals surface area (Å²) in [4.78, 5) is 4.03. The summed E-state index contributed by atoms with van der Waals surface area (Å²) < 4.78 is 5.55. The lowest BCUT2D eigenvalue weighted by Crippen LogP contribution is -2.37. The summed E-state index contributed by atoms with van der Waals surface area (Å²) in [5.74, 6) is 0.640. The number of ether oxygens (including phenoxy) is 1. The molecule has 94 valence electrons. The van der Waals surface area contributed by atoms with Gasteiger partial charge >= 0.3 is 0 Å². The Kier molecular flexibility index (Phi) is 3.97. The minimum absolute atomic E-state index is 0.0653. The van der Waals surface area contributed by atoms with Gasteiger partial charge in [0.2, 0.25) is 0 Å². The molecule has 1 aromatic rings. The number of nitrogens with zero attached hydrogens (tertiary/aromatic N) is 1. The third-order valence-electron chi connectivity index (χ3n) is 3.25. The molecule has 4 heteroatoms. The highest BCUT2D eigenvalue weighted by Gasteiger charge is 2.29. The third kappa shape index (κ3) is 3.41. The molecular weight excluding hydrogens is 218 g/mol. The van der Waals surface area contributed by atoms with E-state index in [0.29, 0.717) is 18.1 Å². The lowest BCUT2D eigenvalue weighted by molar-refractivity contribution is -0.0339. The first-order valence-corrected chi connectivity index (χ1v) is 6.13. The molecule has 2 N–H and O–H groups in total. The van der Waals surface area contributed by atoms with E-state index in [2.05, 4.69) is 4.98 Å². The summed E-state index contributed by atoms with van der Waals surface area (Å²) in [6.45, 7) is 0.261. The number of hydrogen-bond acceptors (Lipinski definition) is 4. The Morgan fingerprint density at radius 2 is 2.00 bits per heavy atom. The zero-order valence-corrected chi connectivity index (χ0v) is 9.93. The molecule has 1 saturated carbocycles. The predicted molar refractivity (Wildman–Crippen MR) is 63.7 cm³/mol. The minimum atomic E-state index is -0.673. The van der Waals surface area contributed by atoms with E-state index in [9.17, 15) is 5.11 Å². The number of aliphatic hydroxyl groups excluding tert-OH is 1. The van der Waals surface area contributed by atoms with E-state index >= 15 is 0 Å². The van der Waals surface area contributed by atoms with Crippen LogP contribution in [0.1, 0.15) is 37.8 Å². The lowest BCUT2D eigenvalue weighted by atomic mass is 9.86. The van der Waals surface area contributed by atoms with Gasteiger partial charge in [0.15, 0.2) is 0 Å². The highest BCUT2D eigenvalue weighted by molar-refractivity contribution is 5.19. The van der Waals surface area contributed by atoms with E-state index in [1.807, 2.05) is 0 Å². The second-order valence-electron chi connectivity index (χ2n) is 4.72. The number of pyridine rings is 1. The van der Waals surface area contributed by atoms with Crippen molar-refractivity contribution in [2.75, 3.05) is 6.61 Å². The molecule has 0 amide bonds. The predicted octanol–water partition coefficient (Wildman–Crippen LogP) is 1.65. The standard InChI is InChI=1S/C13H19NO3/c15-9-11-4-5-12(8-14-11)17-10-13(16)6-2-1-3-7-13/h4-5,8,15-16H,1-3,6-7,9-10H2. The highest BCUT2D eigenvalue weighted by Crippen LogP contribution is 2.28. The Balaban J connectivity index is 1.87. The van der Waals surface area contributed by atoms with Gasteiger partial charge in [0, 0.05) is 0 Å². The molecule has 0 aromatic carbocycles. The molecule has 0 radical (unpaired) electrons. The van der Waals surface area contributed by atoms with Gasteiger partial charge in [-0.05, 0) is 25.0 Å². The van der Waals surface area contributed by atoms with Gasteiger partial charge in [-0.3, -0.25) is 4.98 Å². The summed E-state index contributed by atoms with van der Waals surface area (Å²) >= 11 is 0. The maximum Gasteiger partial charge on any atom is 0.137 e. The topological polar surface area (TPSA) is 62.6 Å². The average Bonchev–Trinajstić information content (AvgIpc) is 2.38. The van der Waals surface area contributed by atoms with Crippen LogP contribution in [0.2, 0.25) is 0 Å². The quantitative estimate of drug-likeness (QED) is 0.835. The summed E-state index contributed by atoms with van der Waals surface area (Å²) in [5.41, 5.74) is -0.0535. The van der Waals surface area contributed by atoms with Crippen LogP contribution in [0.3, 0.4) is 0 Å². The van der Waals surface area contributed by atoms with Crippen LogP contribution < -0.4 is 4.74 Å². The van der Waals surface area contributed by atoms with Gasteiger partial charge in [0.1, 0.15) is 12.4 Å². The molecule has 0 spiro atoms. The molecule has 1 aromatic heterocycles. The van der Waals surface area contributed by atoms with Crippen molar-refractivity contribution in [3.05, 3.63) is 24.0 Å². The van der Waals surface area contributed by atoms with Crippen molar-refractivity contribution in [1.29, 1.82) is 0 Å². The van der Waals surface area contributed by atoms with Crippen LogP contribution in [-0.2, 0) is 6.61 Å². The van der Waals surface area contributed by atoms with Gasteiger partial charge in [-0.25, -0.2) is 0 Å². The Bertz CT molecular complexity index is 344. The first kappa shape index (κ1) is 12.3. The molecule has 0 saturated heterocycles. The summed E-state index contributed by atoms with van der Waals surface area (Å²) in [5, 5.41) is 19.1. The van der Waals surface area contributed by atoms with Crippen LogP contribution in [0.25, 0.3) is 0 Å². The molecule has 0 aliphatic heterocycles. The van der Waals surface area contributed by atoms with E-state index in [-0.39, 0.29) is 6.61 Å². The summed E-state index contributed by atoms with van der Waals surface area (Å²) in [6.07, 6.45) is 6.56. The molecular formula is C13H19NO3. The highest BCUT2D eigenvalue weighted by atomic mass is 16.5. The van der Waals surface area contributed by atoms with Crippen molar-refractivity contribution in [3.8, 4) is 5.75 Å². The Morgan fingerprint density at radius 1 is 1.24 bits per heavy atom. The van der Waals surface area contributed by atoms with Gasteiger partial charge in [-0.2, -0.15) is 0 Å².